The third-order valence-corrected chi connectivity index (χ3v) is 3.25. The number of alkyl halides is 3. The van der Waals surface area contributed by atoms with Crippen molar-refractivity contribution < 1.29 is 13.2 Å². The fraction of sp³-hybridized carbons (Fsp3) is 0.231. The summed E-state index contributed by atoms with van der Waals surface area (Å²) < 4.78 is 37.6. The zero-order chi connectivity index (χ0) is 12.5. The summed E-state index contributed by atoms with van der Waals surface area (Å²) in [5.74, 6) is -0.349. The second-order valence-electron chi connectivity index (χ2n) is 3.91. The molecule has 0 aliphatic heterocycles. The Balaban J connectivity index is 2.24. The monoisotopic (exact) mass is 258 g/mol. The molecule has 0 spiro atoms. The quantitative estimate of drug-likeness (QED) is 0.689. The average molecular weight is 259 g/mol. The highest BCUT2D eigenvalue weighted by molar-refractivity contribution is 6.25. The van der Waals surface area contributed by atoms with Crippen molar-refractivity contribution in [3.8, 4) is 0 Å². The molecule has 4 heteroatoms. The van der Waals surface area contributed by atoms with Gasteiger partial charge in [-0.3, -0.25) is 0 Å². The molecule has 1 aliphatic rings. The van der Waals surface area contributed by atoms with Crippen LogP contribution >= 0.6 is 11.6 Å². The topological polar surface area (TPSA) is 0 Å². The van der Waals surface area contributed by atoms with Crippen LogP contribution in [-0.4, -0.2) is 6.43 Å². The predicted octanol–water partition coefficient (Wildman–Crippen LogP) is 4.41. The molecule has 17 heavy (non-hydrogen) atoms. The van der Waals surface area contributed by atoms with Gasteiger partial charge in [-0.05, 0) is 24.1 Å². The van der Waals surface area contributed by atoms with E-state index in [0.29, 0.717) is 5.56 Å². The molecule has 0 heterocycles. The van der Waals surface area contributed by atoms with Crippen LogP contribution in [0.4, 0.5) is 13.2 Å². The van der Waals surface area contributed by atoms with Crippen molar-refractivity contribution in [2.45, 2.75) is 17.7 Å². The number of hydrogen-bond donors (Lipinski definition) is 0. The molecule has 0 N–H and O–H groups in total. The molecule has 1 aromatic carbocycles. The average Bonchev–Trinajstić information content (AvgIpc) is 2.30. The minimum absolute atomic E-state index is 0.0246. The molecule has 0 saturated carbocycles. The van der Waals surface area contributed by atoms with E-state index in [1.165, 1.54) is 30.4 Å². The van der Waals surface area contributed by atoms with Gasteiger partial charge in [0, 0.05) is 5.57 Å². The van der Waals surface area contributed by atoms with Gasteiger partial charge >= 0.3 is 0 Å². The van der Waals surface area contributed by atoms with E-state index in [0.717, 1.165) is 0 Å². The van der Waals surface area contributed by atoms with E-state index in [9.17, 15) is 13.2 Å². The van der Waals surface area contributed by atoms with Crippen molar-refractivity contribution in [3.63, 3.8) is 0 Å². The smallest absolute Gasteiger partial charge is 0.207 e. The Morgan fingerprint density at radius 2 is 1.82 bits per heavy atom. The van der Waals surface area contributed by atoms with Crippen LogP contribution in [0.1, 0.15) is 12.0 Å². The number of benzene rings is 1. The first kappa shape index (κ1) is 12.2. The Labute approximate surface area is 102 Å². The highest BCUT2D eigenvalue weighted by atomic mass is 35.5. The number of allylic oxidation sites excluding steroid dienone is 4. The van der Waals surface area contributed by atoms with Crippen LogP contribution in [0.15, 0.2) is 48.1 Å². The highest BCUT2D eigenvalue weighted by Crippen LogP contribution is 2.38. The minimum atomic E-state index is -2.49. The summed E-state index contributed by atoms with van der Waals surface area (Å²) in [4.78, 5) is -0.855. The van der Waals surface area contributed by atoms with Crippen molar-refractivity contribution in [2.75, 3.05) is 0 Å². The number of hydrogen-bond acceptors (Lipinski definition) is 0. The predicted molar refractivity (Wildman–Crippen MR) is 61.8 cm³/mol. The maximum Gasteiger partial charge on any atom is 0.263 e. The van der Waals surface area contributed by atoms with E-state index in [4.69, 9.17) is 11.6 Å². The summed E-state index contributed by atoms with van der Waals surface area (Å²) >= 11 is 6.32. The van der Waals surface area contributed by atoms with Crippen molar-refractivity contribution >= 4 is 11.6 Å². The van der Waals surface area contributed by atoms with Gasteiger partial charge in [0.05, 0.1) is 4.87 Å². The van der Waals surface area contributed by atoms with Gasteiger partial charge in [-0.25, -0.2) is 13.2 Å². The number of halogens is 4. The van der Waals surface area contributed by atoms with Crippen LogP contribution in [0.3, 0.4) is 0 Å². The van der Waals surface area contributed by atoms with Crippen molar-refractivity contribution in [2.24, 2.45) is 0 Å². The molecular formula is C13H10ClF3. The Kier molecular flexibility index (Phi) is 3.29. The summed E-state index contributed by atoms with van der Waals surface area (Å²) in [6.07, 6.45) is 2.06. The van der Waals surface area contributed by atoms with Crippen LogP contribution in [0.5, 0.6) is 0 Å². The maximum atomic E-state index is 12.8. The molecule has 1 atom stereocenters. The molecule has 1 aromatic rings. The molecule has 0 aromatic heterocycles. The van der Waals surface area contributed by atoms with Gasteiger partial charge in [-0.2, -0.15) is 0 Å². The lowest BCUT2D eigenvalue weighted by molar-refractivity contribution is 0.193. The molecular weight excluding hydrogens is 249 g/mol. The van der Waals surface area contributed by atoms with Crippen molar-refractivity contribution in [3.05, 3.63) is 59.4 Å². The molecule has 0 amide bonds. The third-order valence-electron chi connectivity index (χ3n) is 2.75. The van der Waals surface area contributed by atoms with E-state index in [1.807, 2.05) is 0 Å². The molecule has 0 bridgehead atoms. The first-order valence-corrected chi connectivity index (χ1v) is 5.51. The van der Waals surface area contributed by atoms with Gasteiger partial charge in [-0.15, -0.1) is 11.6 Å². The molecule has 1 aliphatic carbocycles. The molecule has 0 fully saturated rings. The Hall–Kier alpha value is -1.22. The van der Waals surface area contributed by atoms with Crippen LogP contribution < -0.4 is 0 Å². The molecule has 0 radical (unpaired) electrons. The van der Waals surface area contributed by atoms with E-state index < -0.39 is 11.3 Å². The van der Waals surface area contributed by atoms with Gasteiger partial charge in [0.1, 0.15) is 5.82 Å². The van der Waals surface area contributed by atoms with Gasteiger partial charge in [0.25, 0.3) is 6.43 Å². The number of rotatable bonds is 2. The van der Waals surface area contributed by atoms with Crippen LogP contribution in [0.25, 0.3) is 0 Å². The van der Waals surface area contributed by atoms with E-state index in [1.54, 1.807) is 12.1 Å². The highest BCUT2D eigenvalue weighted by Gasteiger charge is 2.29. The minimum Gasteiger partial charge on any atom is -0.207 e. The van der Waals surface area contributed by atoms with E-state index in [2.05, 4.69) is 0 Å². The Morgan fingerprint density at radius 1 is 1.18 bits per heavy atom. The lowest BCUT2D eigenvalue weighted by Gasteiger charge is -2.26. The summed E-state index contributed by atoms with van der Waals surface area (Å²) in [5, 5.41) is 0. The van der Waals surface area contributed by atoms with E-state index >= 15 is 0 Å². The molecule has 1 unspecified atom stereocenters. The fourth-order valence-electron chi connectivity index (χ4n) is 1.73. The van der Waals surface area contributed by atoms with Crippen LogP contribution in [-0.2, 0) is 4.87 Å². The summed E-state index contributed by atoms with van der Waals surface area (Å²) in [5.41, 5.74) is 0.671. The second-order valence-corrected chi connectivity index (χ2v) is 4.59. The summed E-state index contributed by atoms with van der Waals surface area (Å²) in [6, 6.07) is 5.74. The third kappa shape index (κ3) is 2.55. The van der Waals surface area contributed by atoms with Crippen molar-refractivity contribution in [1.82, 2.24) is 0 Å². The second kappa shape index (κ2) is 4.57. The van der Waals surface area contributed by atoms with Gasteiger partial charge in [-0.1, -0.05) is 30.4 Å². The lowest BCUT2D eigenvalue weighted by Crippen LogP contribution is -2.18. The standard InChI is InChI=1S/C13H10ClF3/c14-13(10-1-3-11(15)4-2-10)7-5-9(6-8-13)12(16)17/h1-7,12H,8H2. The van der Waals surface area contributed by atoms with Crippen molar-refractivity contribution in [1.29, 1.82) is 0 Å². The molecule has 0 saturated heterocycles. The van der Waals surface area contributed by atoms with Gasteiger partial charge < -0.3 is 0 Å². The van der Waals surface area contributed by atoms with Gasteiger partial charge in [0.2, 0.25) is 0 Å². The molecule has 90 valence electrons. The largest absolute Gasteiger partial charge is 0.263 e. The lowest BCUT2D eigenvalue weighted by atomic mass is 9.89. The first-order chi connectivity index (χ1) is 8.01. The normalized spacial score (nSPS) is 23.9. The SMILES string of the molecule is Fc1ccc(C2(Cl)C=CC(C(F)F)=CC2)cc1. The zero-order valence-corrected chi connectivity index (χ0v) is 9.59. The Morgan fingerprint density at radius 3 is 2.29 bits per heavy atom. The van der Waals surface area contributed by atoms with Gasteiger partial charge in [0.15, 0.2) is 0 Å². The Bertz CT molecular complexity index is 462. The summed E-state index contributed by atoms with van der Waals surface area (Å²) in [7, 11) is 0. The van der Waals surface area contributed by atoms with Crippen LogP contribution in [0, 0.1) is 5.82 Å². The summed E-state index contributed by atoms with van der Waals surface area (Å²) in [6.45, 7) is 0. The van der Waals surface area contributed by atoms with Crippen LogP contribution in [0.2, 0.25) is 0 Å². The molecule has 2 rings (SSSR count). The molecule has 0 nitrogen and oxygen atoms in total. The fourth-order valence-corrected chi connectivity index (χ4v) is 2.00. The van der Waals surface area contributed by atoms with E-state index in [-0.39, 0.29) is 17.8 Å². The maximum absolute atomic E-state index is 12.8. The first-order valence-electron chi connectivity index (χ1n) is 5.14. The zero-order valence-electron chi connectivity index (χ0n) is 8.84.